The van der Waals surface area contributed by atoms with Crippen molar-refractivity contribution in [2.24, 2.45) is 5.92 Å². The molecule has 1 aliphatic rings. The van der Waals surface area contributed by atoms with Gasteiger partial charge in [-0.05, 0) is 12.3 Å². The van der Waals surface area contributed by atoms with E-state index in [1.807, 2.05) is 13.8 Å². The Kier molecular flexibility index (Phi) is 3.94. The van der Waals surface area contributed by atoms with Gasteiger partial charge in [0, 0.05) is 19.1 Å². The highest BCUT2D eigenvalue weighted by Gasteiger charge is 2.29. The van der Waals surface area contributed by atoms with Crippen LogP contribution in [0.4, 0.5) is 4.79 Å². The third kappa shape index (κ3) is 3.11. The highest BCUT2D eigenvalue weighted by atomic mass is 16.4. The Bertz CT molecular complexity index is 253. The normalized spacial score (nSPS) is 18.9. The van der Waals surface area contributed by atoms with Crippen LogP contribution in [-0.4, -0.2) is 41.1 Å². The van der Waals surface area contributed by atoms with Crippen LogP contribution in [0.1, 0.15) is 26.7 Å². The predicted molar refractivity (Wildman–Crippen MR) is 55.6 cm³/mol. The lowest BCUT2D eigenvalue weighted by molar-refractivity contribution is -0.138. The number of aliphatic carboxylic acids is 1. The van der Waals surface area contributed by atoms with Gasteiger partial charge in [-0.1, -0.05) is 13.8 Å². The molecule has 86 valence electrons. The molecule has 1 saturated heterocycles. The van der Waals surface area contributed by atoms with Gasteiger partial charge in [-0.2, -0.15) is 0 Å². The van der Waals surface area contributed by atoms with Gasteiger partial charge in [-0.25, -0.2) is 4.79 Å². The molecule has 0 saturated carbocycles. The number of nitrogens with zero attached hydrogens (tertiary/aromatic N) is 1. The number of carboxylic acids is 1. The number of amides is 2. The number of carbonyl (C=O) groups is 2. The van der Waals surface area contributed by atoms with Gasteiger partial charge in [0.1, 0.15) is 0 Å². The van der Waals surface area contributed by atoms with Crippen molar-refractivity contribution in [3.63, 3.8) is 0 Å². The van der Waals surface area contributed by atoms with Crippen LogP contribution in [0.5, 0.6) is 0 Å². The molecule has 5 heteroatoms. The third-order valence-corrected chi connectivity index (χ3v) is 2.67. The monoisotopic (exact) mass is 214 g/mol. The van der Waals surface area contributed by atoms with Gasteiger partial charge in [0.25, 0.3) is 0 Å². The number of nitrogens with one attached hydrogen (secondary N) is 1. The van der Waals surface area contributed by atoms with Gasteiger partial charge in [0.2, 0.25) is 0 Å². The highest BCUT2D eigenvalue weighted by molar-refractivity contribution is 5.76. The van der Waals surface area contributed by atoms with Crippen LogP contribution in [-0.2, 0) is 4.79 Å². The van der Waals surface area contributed by atoms with E-state index in [-0.39, 0.29) is 24.4 Å². The first-order valence-electron chi connectivity index (χ1n) is 5.28. The Morgan fingerprint density at radius 3 is 2.73 bits per heavy atom. The smallest absolute Gasteiger partial charge is 0.317 e. The topological polar surface area (TPSA) is 69.6 Å². The maximum absolute atomic E-state index is 11.5. The van der Waals surface area contributed by atoms with E-state index in [0.29, 0.717) is 13.1 Å². The molecular formula is C10H18N2O3. The van der Waals surface area contributed by atoms with E-state index in [1.54, 1.807) is 4.90 Å². The molecule has 2 N–H and O–H groups in total. The van der Waals surface area contributed by atoms with E-state index in [2.05, 4.69) is 5.32 Å². The van der Waals surface area contributed by atoms with Crippen molar-refractivity contribution in [2.75, 3.05) is 13.1 Å². The lowest BCUT2D eigenvalue weighted by atomic mass is 9.98. The highest BCUT2D eigenvalue weighted by Crippen LogP contribution is 2.17. The fourth-order valence-electron chi connectivity index (χ4n) is 1.85. The second-order valence-corrected chi connectivity index (χ2v) is 4.19. The molecule has 0 aromatic rings. The summed E-state index contributed by atoms with van der Waals surface area (Å²) in [7, 11) is 0. The molecule has 0 aliphatic carbocycles. The molecule has 0 aromatic carbocycles. The first kappa shape index (κ1) is 11.8. The molecule has 1 fully saturated rings. The maximum atomic E-state index is 11.5. The van der Waals surface area contributed by atoms with E-state index in [1.165, 1.54) is 0 Å². The second-order valence-electron chi connectivity index (χ2n) is 4.19. The molecule has 15 heavy (non-hydrogen) atoms. The van der Waals surface area contributed by atoms with Crippen LogP contribution < -0.4 is 5.32 Å². The maximum Gasteiger partial charge on any atom is 0.317 e. The summed E-state index contributed by atoms with van der Waals surface area (Å²) in [4.78, 5) is 23.9. The summed E-state index contributed by atoms with van der Waals surface area (Å²) >= 11 is 0. The fourth-order valence-corrected chi connectivity index (χ4v) is 1.85. The zero-order chi connectivity index (χ0) is 11.4. The Balaban J connectivity index is 2.68. The number of hydrogen-bond donors (Lipinski definition) is 2. The Labute approximate surface area is 89.4 Å². The molecule has 0 radical (unpaired) electrons. The number of urea groups is 1. The summed E-state index contributed by atoms with van der Waals surface area (Å²) in [5.41, 5.74) is 0. The molecule has 1 rings (SSSR count). The minimum atomic E-state index is -0.855. The van der Waals surface area contributed by atoms with E-state index in [4.69, 9.17) is 5.11 Å². The van der Waals surface area contributed by atoms with Crippen LogP contribution >= 0.6 is 0 Å². The summed E-state index contributed by atoms with van der Waals surface area (Å²) in [6.07, 6.45) is 0.902. The van der Waals surface area contributed by atoms with Gasteiger partial charge < -0.3 is 15.3 Å². The predicted octanol–water partition coefficient (Wildman–Crippen LogP) is 0.901. The Hall–Kier alpha value is -1.26. The molecule has 1 atom stereocenters. The van der Waals surface area contributed by atoms with Crippen molar-refractivity contribution in [1.29, 1.82) is 0 Å². The van der Waals surface area contributed by atoms with E-state index >= 15 is 0 Å². The molecule has 1 aliphatic heterocycles. The van der Waals surface area contributed by atoms with Crippen LogP contribution in [0.25, 0.3) is 0 Å². The minimum Gasteiger partial charge on any atom is -0.481 e. The minimum absolute atomic E-state index is 0.0189. The molecule has 0 aromatic heterocycles. The molecule has 0 bridgehead atoms. The van der Waals surface area contributed by atoms with Gasteiger partial charge in [0.05, 0.1) is 6.42 Å². The summed E-state index contributed by atoms with van der Waals surface area (Å²) in [6.45, 7) is 5.22. The average molecular weight is 214 g/mol. The summed E-state index contributed by atoms with van der Waals surface area (Å²) in [6, 6.07) is -0.344. The second kappa shape index (κ2) is 5.00. The largest absolute Gasteiger partial charge is 0.481 e. The summed E-state index contributed by atoms with van der Waals surface area (Å²) in [5.74, 6) is -0.697. The molecule has 0 spiro atoms. The van der Waals surface area contributed by atoms with Crippen molar-refractivity contribution < 1.29 is 14.7 Å². The first-order chi connectivity index (χ1) is 7.02. The molecule has 1 heterocycles. The number of hydrogen-bond acceptors (Lipinski definition) is 2. The zero-order valence-corrected chi connectivity index (χ0v) is 9.19. The quantitative estimate of drug-likeness (QED) is 0.730. The van der Waals surface area contributed by atoms with Crippen LogP contribution in [0.2, 0.25) is 0 Å². The fraction of sp³-hybridized carbons (Fsp3) is 0.800. The third-order valence-electron chi connectivity index (χ3n) is 2.67. The summed E-state index contributed by atoms with van der Waals surface area (Å²) < 4.78 is 0. The van der Waals surface area contributed by atoms with Crippen molar-refractivity contribution in [3.05, 3.63) is 0 Å². The van der Waals surface area contributed by atoms with Crippen LogP contribution in [0, 0.1) is 5.92 Å². The van der Waals surface area contributed by atoms with Gasteiger partial charge >= 0.3 is 12.0 Å². The molecule has 2 amide bonds. The summed E-state index contributed by atoms with van der Waals surface area (Å²) in [5, 5.41) is 11.5. The number of rotatable bonds is 4. The average Bonchev–Trinajstić information content (AvgIpc) is 2.15. The van der Waals surface area contributed by atoms with Gasteiger partial charge in [0.15, 0.2) is 0 Å². The van der Waals surface area contributed by atoms with Gasteiger partial charge in [-0.3, -0.25) is 4.79 Å². The Morgan fingerprint density at radius 1 is 1.60 bits per heavy atom. The SMILES string of the molecule is CC(C)C(CC(=O)O)N1CCCNC1=O. The lowest BCUT2D eigenvalue weighted by Gasteiger charge is -2.36. The number of carboxylic acid groups (broad SMARTS) is 1. The van der Waals surface area contributed by atoms with E-state index in [0.717, 1.165) is 6.42 Å². The lowest BCUT2D eigenvalue weighted by Crippen LogP contribution is -2.53. The molecule has 5 nitrogen and oxygen atoms in total. The van der Waals surface area contributed by atoms with Gasteiger partial charge in [-0.15, -0.1) is 0 Å². The van der Waals surface area contributed by atoms with E-state index in [9.17, 15) is 9.59 Å². The first-order valence-corrected chi connectivity index (χ1v) is 5.28. The number of carbonyl (C=O) groups excluding carboxylic acids is 1. The van der Waals surface area contributed by atoms with Crippen molar-refractivity contribution >= 4 is 12.0 Å². The van der Waals surface area contributed by atoms with Crippen LogP contribution in [0.15, 0.2) is 0 Å². The molecular weight excluding hydrogens is 196 g/mol. The van der Waals surface area contributed by atoms with E-state index < -0.39 is 5.97 Å². The van der Waals surface area contributed by atoms with Crippen molar-refractivity contribution in [2.45, 2.75) is 32.7 Å². The van der Waals surface area contributed by atoms with Crippen molar-refractivity contribution in [1.82, 2.24) is 10.2 Å². The standard InChI is InChI=1S/C10H18N2O3/c1-7(2)8(6-9(13)14)12-5-3-4-11-10(12)15/h7-8H,3-6H2,1-2H3,(H,11,15)(H,13,14). The molecule has 1 unspecified atom stereocenters. The van der Waals surface area contributed by atoms with Crippen LogP contribution in [0.3, 0.4) is 0 Å². The van der Waals surface area contributed by atoms with Crippen molar-refractivity contribution in [3.8, 4) is 0 Å². The Morgan fingerprint density at radius 2 is 2.27 bits per heavy atom. The zero-order valence-electron chi connectivity index (χ0n) is 9.19.